The highest BCUT2D eigenvalue weighted by Crippen LogP contribution is 2.32. The Bertz CT molecular complexity index is 925. The Morgan fingerprint density at radius 2 is 2.00 bits per heavy atom. The summed E-state index contributed by atoms with van der Waals surface area (Å²) in [5.74, 6) is 1.83. The standard InChI is InChI=1S/C21H22N4O4/c22-11-17(21(26)23-12-18-2-1-9-27-18)14-25-7-5-24(6-8-25)13-16-3-4-19-20(10-16)29-15-28-19/h1-4,9-10,14H,5-8,12-13,15H2,(H,23,26)/b17-14-. The highest BCUT2D eigenvalue weighted by Gasteiger charge is 2.19. The van der Waals surface area contributed by atoms with E-state index in [9.17, 15) is 10.1 Å². The van der Waals surface area contributed by atoms with E-state index >= 15 is 0 Å². The van der Waals surface area contributed by atoms with E-state index in [1.807, 2.05) is 23.1 Å². The van der Waals surface area contributed by atoms with Crippen LogP contribution in [-0.2, 0) is 17.9 Å². The lowest BCUT2D eigenvalue weighted by Gasteiger charge is -2.34. The van der Waals surface area contributed by atoms with E-state index < -0.39 is 5.91 Å². The smallest absolute Gasteiger partial charge is 0.263 e. The van der Waals surface area contributed by atoms with E-state index in [1.165, 1.54) is 5.56 Å². The van der Waals surface area contributed by atoms with Gasteiger partial charge in [-0.05, 0) is 29.8 Å². The zero-order chi connectivity index (χ0) is 20.1. The van der Waals surface area contributed by atoms with Crippen LogP contribution in [0.2, 0.25) is 0 Å². The predicted molar refractivity (Wildman–Crippen MR) is 104 cm³/mol. The van der Waals surface area contributed by atoms with Crippen LogP contribution < -0.4 is 14.8 Å². The van der Waals surface area contributed by atoms with Crippen molar-refractivity contribution in [2.75, 3.05) is 33.0 Å². The first-order valence-corrected chi connectivity index (χ1v) is 9.49. The first kappa shape index (κ1) is 18.9. The first-order valence-electron chi connectivity index (χ1n) is 9.49. The number of hydrogen-bond acceptors (Lipinski definition) is 7. The number of furan rings is 1. The normalized spacial score (nSPS) is 16.5. The maximum absolute atomic E-state index is 12.2. The van der Waals surface area contributed by atoms with Gasteiger partial charge in [0.25, 0.3) is 5.91 Å². The van der Waals surface area contributed by atoms with Crippen molar-refractivity contribution in [3.8, 4) is 17.6 Å². The van der Waals surface area contributed by atoms with Crippen LogP contribution in [-0.4, -0.2) is 48.7 Å². The molecule has 2 aliphatic heterocycles. The minimum Gasteiger partial charge on any atom is -0.467 e. The highest BCUT2D eigenvalue weighted by molar-refractivity contribution is 5.97. The molecule has 0 spiro atoms. The molecular weight excluding hydrogens is 372 g/mol. The molecule has 0 aliphatic carbocycles. The molecular formula is C21H22N4O4. The molecule has 0 atom stereocenters. The lowest BCUT2D eigenvalue weighted by Crippen LogP contribution is -2.44. The minimum atomic E-state index is -0.397. The van der Waals surface area contributed by atoms with E-state index in [2.05, 4.69) is 16.3 Å². The molecule has 1 fully saturated rings. The lowest BCUT2D eigenvalue weighted by molar-refractivity contribution is -0.117. The highest BCUT2D eigenvalue weighted by atomic mass is 16.7. The van der Waals surface area contributed by atoms with Crippen molar-refractivity contribution in [2.45, 2.75) is 13.1 Å². The van der Waals surface area contributed by atoms with Gasteiger partial charge in [0, 0.05) is 38.9 Å². The van der Waals surface area contributed by atoms with Gasteiger partial charge in [-0.2, -0.15) is 5.26 Å². The number of nitrogens with one attached hydrogen (secondary N) is 1. The number of nitriles is 1. The van der Waals surface area contributed by atoms with E-state index in [4.69, 9.17) is 13.9 Å². The zero-order valence-corrected chi connectivity index (χ0v) is 16.0. The Hall–Kier alpha value is -3.44. The summed E-state index contributed by atoms with van der Waals surface area (Å²) in [5, 5.41) is 12.1. The van der Waals surface area contributed by atoms with E-state index in [0.29, 0.717) is 5.76 Å². The molecule has 0 unspecified atom stereocenters. The quantitative estimate of drug-likeness (QED) is 0.591. The van der Waals surface area contributed by atoms with Gasteiger partial charge in [0.05, 0.1) is 12.8 Å². The Morgan fingerprint density at radius 3 is 2.76 bits per heavy atom. The van der Waals surface area contributed by atoms with Crippen molar-refractivity contribution in [1.82, 2.24) is 15.1 Å². The molecule has 1 saturated heterocycles. The number of rotatable bonds is 6. The van der Waals surface area contributed by atoms with Gasteiger partial charge >= 0.3 is 0 Å². The number of carbonyl (C=O) groups is 1. The fourth-order valence-electron chi connectivity index (χ4n) is 3.34. The largest absolute Gasteiger partial charge is 0.467 e. The summed E-state index contributed by atoms with van der Waals surface area (Å²) in [7, 11) is 0. The summed E-state index contributed by atoms with van der Waals surface area (Å²) in [6, 6.07) is 11.5. The van der Waals surface area contributed by atoms with Gasteiger partial charge < -0.3 is 24.1 Å². The monoisotopic (exact) mass is 394 g/mol. The molecule has 1 amide bonds. The van der Waals surface area contributed by atoms with Gasteiger partial charge in [-0.1, -0.05) is 6.07 Å². The van der Waals surface area contributed by atoms with Gasteiger partial charge in [-0.15, -0.1) is 0 Å². The van der Waals surface area contributed by atoms with Gasteiger partial charge in [0.2, 0.25) is 6.79 Å². The molecule has 1 aromatic heterocycles. The Morgan fingerprint density at radius 1 is 1.17 bits per heavy atom. The summed E-state index contributed by atoms with van der Waals surface area (Å²) >= 11 is 0. The van der Waals surface area contributed by atoms with Crippen LogP contribution in [0.3, 0.4) is 0 Å². The summed E-state index contributed by atoms with van der Waals surface area (Å²) in [6.45, 7) is 4.55. The van der Waals surface area contributed by atoms with Crippen molar-refractivity contribution in [2.24, 2.45) is 0 Å². The van der Waals surface area contributed by atoms with Crippen LogP contribution in [0.4, 0.5) is 0 Å². The van der Waals surface area contributed by atoms with Crippen LogP contribution in [0.1, 0.15) is 11.3 Å². The van der Waals surface area contributed by atoms with E-state index in [-0.39, 0.29) is 18.9 Å². The van der Waals surface area contributed by atoms with Crippen molar-refractivity contribution in [1.29, 1.82) is 5.26 Å². The molecule has 3 heterocycles. The summed E-state index contributed by atoms with van der Waals surface area (Å²) in [6.07, 6.45) is 3.20. The van der Waals surface area contributed by atoms with Gasteiger partial charge in [0.15, 0.2) is 11.5 Å². The lowest BCUT2D eigenvalue weighted by atomic mass is 10.1. The maximum Gasteiger partial charge on any atom is 0.263 e. The Kier molecular flexibility index (Phi) is 5.68. The van der Waals surface area contributed by atoms with Crippen molar-refractivity contribution in [3.05, 3.63) is 59.7 Å². The van der Waals surface area contributed by atoms with Crippen molar-refractivity contribution >= 4 is 5.91 Å². The Balaban J connectivity index is 1.27. The molecule has 2 aliphatic rings. The van der Waals surface area contributed by atoms with E-state index in [0.717, 1.165) is 44.2 Å². The van der Waals surface area contributed by atoms with E-state index in [1.54, 1.807) is 24.6 Å². The predicted octanol–water partition coefficient (Wildman–Crippen LogP) is 1.85. The van der Waals surface area contributed by atoms with Crippen molar-refractivity contribution < 1.29 is 18.7 Å². The third-order valence-corrected chi connectivity index (χ3v) is 4.93. The number of piperazine rings is 1. The average Bonchev–Trinajstić information content (AvgIpc) is 3.43. The number of amides is 1. The molecule has 0 saturated carbocycles. The van der Waals surface area contributed by atoms with Gasteiger partial charge in [0.1, 0.15) is 17.4 Å². The molecule has 150 valence electrons. The number of benzene rings is 1. The zero-order valence-electron chi connectivity index (χ0n) is 16.0. The number of fused-ring (bicyclic) bond motifs is 1. The number of ether oxygens (including phenoxy) is 2. The second-order valence-corrected chi connectivity index (χ2v) is 6.92. The van der Waals surface area contributed by atoms with Crippen molar-refractivity contribution in [3.63, 3.8) is 0 Å². The first-order chi connectivity index (χ1) is 14.2. The van der Waals surface area contributed by atoms with Crippen LogP contribution in [0.15, 0.2) is 52.8 Å². The third-order valence-electron chi connectivity index (χ3n) is 4.93. The summed E-state index contributed by atoms with van der Waals surface area (Å²) < 4.78 is 16.0. The van der Waals surface area contributed by atoms with Crippen LogP contribution in [0, 0.1) is 11.3 Å². The number of hydrogen-bond donors (Lipinski definition) is 1. The number of nitrogens with zero attached hydrogens (tertiary/aromatic N) is 3. The molecule has 0 bridgehead atoms. The molecule has 2 aromatic rings. The summed E-state index contributed by atoms with van der Waals surface area (Å²) in [4.78, 5) is 16.6. The van der Waals surface area contributed by atoms with Gasteiger partial charge in [-0.3, -0.25) is 9.69 Å². The second-order valence-electron chi connectivity index (χ2n) is 6.92. The molecule has 1 aromatic carbocycles. The van der Waals surface area contributed by atoms with Crippen LogP contribution in [0.25, 0.3) is 0 Å². The molecule has 8 heteroatoms. The minimum absolute atomic E-state index is 0.0979. The van der Waals surface area contributed by atoms with Crippen LogP contribution >= 0.6 is 0 Å². The fraction of sp³-hybridized carbons (Fsp3) is 0.333. The maximum atomic E-state index is 12.2. The molecule has 1 N–H and O–H groups in total. The van der Waals surface area contributed by atoms with Gasteiger partial charge in [-0.25, -0.2) is 0 Å². The van der Waals surface area contributed by atoms with Crippen LogP contribution in [0.5, 0.6) is 11.5 Å². The summed E-state index contributed by atoms with van der Waals surface area (Å²) in [5.41, 5.74) is 1.27. The Labute approximate surface area is 168 Å². The fourth-order valence-corrected chi connectivity index (χ4v) is 3.34. The molecule has 8 nitrogen and oxygen atoms in total. The SMILES string of the molecule is N#C/C(=C/N1CCN(Cc2ccc3c(c2)OCO3)CC1)C(=O)NCc1ccco1. The second kappa shape index (κ2) is 8.71. The average molecular weight is 394 g/mol. The topological polar surface area (TPSA) is 91.0 Å². The number of carbonyl (C=O) groups excluding carboxylic acids is 1. The molecule has 29 heavy (non-hydrogen) atoms. The molecule has 4 rings (SSSR count). The third kappa shape index (κ3) is 4.70. The molecule has 0 radical (unpaired) electrons.